The number of nitrogens with one attached hydrogen (secondary N) is 1. The molecule has 0 aliphatic carbocycles. The number of piperidine rings is 1. The average molecular weight is 356 g/mol. The Morgan fingerprint density at radius 3 is 2.73 bits per heavy atom. The van der Waals surface area contributed by atoms with Gasteiger partial charge in [0.1, 0.15) is 5.01 Å². The molecular weight excluding hydrogens is 334 g/mol. The molecule has 2 aromatic heterocycles. The molecule has 2 atom stereocenters. The molecule has 2 aromatic rings. The molecule has 6 heteroatoms. The van der Waals surface area contributed by atoms with Crippen LogP contribution < -0.4 is 5.32 Å². The average Bonchev–Trinajstić information content (AvgIpc) is 3.20. The second-order valence-corrected chi connectivity index (χ2v) is 7.97. The minimum atomic E-state index is 0. The Labute approximate surface area is 146 Å². The minimum Gasteiger partial charge on any atom is -0.311 e. The number of rotatable bonds is 4. The molecule has 2 aliphatic rings. The second-order valence-electron chi connectivity index (χ2n) is 6.33. The van der Waals surface area contributed by atoms with Gasteiger partial charge in [-0.1, -0.05) is 0 Å². The summed E-state index contributed by atoms with van der Waals surface area (Å²) < 4.78 is 0. The first-order valence-electron chi connectivity index (χ1n) is 7.71. The molecule has 2 bridgehead atoms. The van der Waals surface area contributed by atoms with Crippen LogP contribution in [0.5, 0.6) is 0 Å². The number of nitrogens with zero attached hydrogens (tertiary/aromatic N) is 2. The lowest BCUT2D eigenvalue weighted by Gasteiger charge is -2.35. The minimum absolute atomic E-state index is 0. The van der Waals surface area contributed by atoms with Crippen LogP contribution in [0, 0.1) is 0 Å². The van der Waals surface area contributed by atoms with Gasteiger partial charge in [-0.15, -0.1) is 23.7 Å². The van der Waals surface area contributed by atoms with E-state index in [-0.39, 0.29) is 12.4 Å². The zero-order chi connectivity index (χ0) is 14.2. The Morgan fingerprint density at radius 2 is 2.05 bits per heavy atom. The van der Waals surface area contributed by atoms with Crippen molar-refractivity contribution in [3.63, 3.8) is 0 Å². The molecule has 3 nitrogen and oxygen atoms in total. The molecule has 2 saturated heterocycles. The van der Waals surface area contributed by atoms with Crippen molar-refractivity contribution in [3.8, 4) is 10.6 Å². The van der Waals surface area contributed by atoms with Gasteiger partial charge in [-0.2, -0.15) is 11.3 Å². The van der Waals surface area contributed by atoms with E-state index >= 15 is 0 Å². The summed E-state index contributed by atoms with van der Waals surface area (Å²) in [5.41, 5.74) is 2.48. The molecule has 4 heterocycles. The van der Waals surface area contributed by atoms with Gasteiger partial charge in [-0.25, -0.2) is 4.98 Å². The van der Waals surface area contributed by atoms with E-state index in [1.54, 1.807) is 22.7 Å². The molecule has 2 unspecified atom stereocenters. The normalized spacial score (nSPS) is 27.1. The van der Waals surface area contributed by atoms with Crippen LogP contribution in [0.3, 0.4) is 0 Å². The fourth-order valence-electron chi connectivity index (χ4n) is 3.67. The van der Waals surface area contributed by atoms with Crippen LogP contribution in [-0.2, 0) is 6.54 Å². The van der Waals surface area contributed by atoms with E-state index in [2.05, 4.69) is 39.5 Å². The lowest BCUT2D eigenvalue weighted by Crippen LogP contribution is -2.46. The number of fused-ring (bicyclic) bond motifs is 2. The molecule has 0 aromatic carbocycles. The van der Waals surface area contributed by atoms with E-state index in [9.17, 15) is 0 Å². The second kappa shape index (κ2) is 6.97. The van der Waals surface area contributed by atoms with Crippen molar-refractivity contribution < 1.29 is 0 Å². The summed E-state index contributed by atoms with van der Waals surface area (Å²) in [5.74, 6) is 0. The van der Waals surface area contributed by atoms with Gasteiger partial charge in [0, 0.05) is 41.0 Å². The van der Waals surface area contributed by atoms with Crippen LogP contribution in [0.1, 0.15) is 31.4 Å². The van der Waals surface area contributed by atoms with Gasteiger partial charge in [0.25, 0.3) is 0 Å². The highest BCUT2D eigenvalue weighted by molar-refractivity contribution is 7.14. The van der Waals surface area contributed by atoms with Gasteiger partial charge >= 0.3 is 0 Å². The summed E-state index contributed by atoms with van der Waals surface area (Å²) in [6, 6.07) is 4.39. The standard InChI is InChI=1S/C16H21N3S2.ClH/c1-19(15-6-12-2-3-13(7-15)17-12)8-14-10-21-16(18-14)11-4-5-20-9-11;/h4-5,9-10,12-13,15,17H,2-3,6-8H2,1H3;1H. The van der Waals surface area contributed by atoms with E-state index in [1.165, 1.54) is 36.9 Å². The number of hydrogen-bond donors (Lipinski definition) is 1. The van der Waals surface area contributed by atoms with Crippen molar-refractivity contribution in [2.75, 3.05) is 7.05 Å². The molecule has 4 rings (SSSR count). The van der Waals surface area contributed by atoms with Crippen LogP contribution >= 0.6 is 35.1 Å². The Bertz CT molecular complexity index is 586. The highest BCUT2D eigenvalue weighted by Gasteiger charge is 2.35. The molecule has 22 heavy (non-hydrogen) atoms. The Kier molecular flexibility index (Phi) is 5.20. The predicted molar refractivity (Wildman–Crippen MR) is 97.1 cm³/mol. The smallest absolute Gasteiger partial charge is 0.124 e. The van der Waals surface area contributed by atoms with Gasteiger partial charge in [0.05, 0.1) is 5.69 Å². The van der Waals surface area contributed by atoms with E-state index in [0.717, 1.165) is 29.7 Å². The van der Waals surface area contributed by atoms with Crippen LogP contribution in [0.25, 0.3) is 10.6 Å². The largest absolute Gasteiger partial charge is 0.311 e. The molecule has 0 spiro atoms. The van der Waals surface area contributed by atoms with E-state index in [0.29, 0.717) is 0 Å². The third kappa shape index (κ3) is 3.39. The first-order chi connectivity index (χ1) is 10.3. The maximum absolute atomic E-state index is 4.81. The maximum Gasteiger partial charge on any atom is 0.124 e. The molecule has 2 fully saturated rings. The Balaban J connectivity index is 0.00000144. The van der Waals surface area contributed by atoms with Crippen molar-refractivity contribution in [1.82, 2.24) is 15.2 Å². The quantitative estimate of drug-likeness (QED) is 0.898. The molecular formula is C16H22ClN3S2. The van der Waals surface area contributed by atoms with E-state index < -0.39 is 0 Å². The van der Waals surface area contributed by atoms with Gasteiger partial charge in [-0.3, -0.25) is 4.90 Å². The Hall–Kier alpha value is -0.460. The van der Waals surface area contributed by atoms with Crippen molar-refractivity contribution in [2.45, 2.75) is 50.4 Å². The fourth-order valence-corrected chi connectivity index (χ4v) is 5.19. The molecule has 0 saturated carbocycles. The number of halogens is 1. The number of hydrogen-bond acceptors (Lipinski definition) is 5. The third-order valence-electron chi connectivity index (χ3n) is 4.80. The summed E-state index contributed by atoms with van der Waals surface area (Å²) in [5, 5.41) is 11.4. The summed E-state index contributed by atoms with van der Waals surface area (Å²) in [6.45, 7) is 0.977. The van der Waals surface area contributed by atoms with Gasteiger partial charge in [-0.05, 0) is 44.2 Å². The molecule has 0 amide bonds. The lowest BCUT2D eigenvalue weighted by atomic mass is 9.98. The number of thiophene rings is 1. The zero-order valence-corrected chi connectivity index (χ0v) is 15.1. The molecule has 1 N–H and O–H groups in total. The van der Waals surface area contributed by atoms with Gasteiger partial charge in [0.15, 0.2) is 0 Å². The van der Waals surface area contributed by atoms with Crippen molar-refractivity contribution in [3.05, 3.63) is 27.9 Å². The van der Waals surface area contributed by atoms with E-state index in [1.807, 2.05) is 0 Å². The highest BCUT2D eigenvalue weighted by atomic mass is 35.5. The van der Waals surface area contributed by atoms with Crippen LogP contribution in [-0.4, -0.2) is 35.1 Å². The predicted octanol–water partition coefficient (Wildman–Crippen LogP) is 4.01. The summed E-state index contributed by atoms with van der Waals surface area (Å²) in [6.07, 6.45) is 5.34. The third-order valence-corrected chi connectivity index (χ3v) is 6.43. The molecule has 120 valence electrons. The SMILES string of the molecule is CN(Cc1csc(-c2ccsc2)n1)C1CC2CCC(C1)N2.Cl. The lowest BCUT2D eigenvalue weighted by molar-refractivity contribution is 0.164. The Morgan fingerprint density at radius 1 is 1.27 bits per heavy atom. The van der Waals surface area contributed by atoms with Crippen molar-refractivity contribution >= 4 is 35.1 Å². The van der Waals surface area contributed by atoms with Crippen molar-refractivity contribution in [2.24, 2.45) is 0 Å². The number of aromatic nitrogens is 1. The molecule has 0 radical (unpaired) electrons. The van der Waals surface area contributed by atoms with Gasteiger partial charge in [0.2, 0.25) is 0 Å². The zero-order valence-electron chi connectivity index (χ0n) is 12.7. The summed E-state index contributed by atoms with van der Waals surface area (Å²) >= 11 is 3.50. The van der Waals surface area contributed by atoms with E-state index in [4.69, 9.17) is 4.98 Å². The van der Waals surface area contributed by atoms with Gasteiger partial charge < -0.3 is 5.32 Å². The monoisotopic (exact) mass is 355 g/mol. The summed E-state index contributed by atoms with van der Waals surface area (Å²) in [4.78, 5) is 7.32. The summed E-state index contributed by atoms with van der Waals surface area (Å²) in [7, 11) is 2.26. The molecule has 2 aliphatic heterocycles. The maximum atomic E-state index is 4.81. The van der Waals surface area contributed by atoms with Crippen molar-refractivity contribution in [1.29, 1.82) is 0 Å². The number of thiazole rings is 1. The first kappa shape index (κ1) is 16.4. The van der Waals surface area contributed by atoms with Crippen LogP contribution in [0.15, 0.2) is 22.2 Å². The topological polar surface area (TPSA) is 28.2 Å². The highest BCUT2D eigenvalue weighted by Crippen LogP contribution is 2.31. The van der Waals surface area contributed by atoms with Crippen LogP contribution in [0.4, 0.5) is 0 Å². The van der Waals surface area contributed by atoms with Crippen LogP contribution in [0.2, 0.25) is 0 Å². The first-order valence-corrected chi connectivity index (χ1v) is 9.53. The fraction of sp³-hybridized carbons (Fsp3) is 0.562.